The van der Waals surface area contributed by atoms with Crippen molar-refractivity contribution in [2.75, 3.05) is 12.9 Å². The van der Waals surface area contributed by atoms with Crippen molar-refractivity contribution >= 4 is 39.3 Å². The van der Waals surface area contributed by atoms with Crippen LogP contribution in [0.5, 0.6) is 0 Å². The van der Waals surface area contributed by atoms with Gasteiger partial charge in [0.1, 0.15) is 0 Å². The highest BCUT2D eigenvalue weighted by molar-refractivity contribution is 9.10. The minimum Gasteiger partial charge on any atom is -0.469 e. The first-order valence-electron chi connectivity index (χ1n) is 6.53. The molecule has 0 amide bonds. The zero-order valence-electron chi connectivity index (χ0n) is 11.6. The molecule has 1 aromatic rings. The lowest BCUT2D eigenvalue weighted by atomic mass is 10.1. The topological polar surface area (TPSA) is 69.4 Å². The van der Waals surface area contributed by atoms with E-state index < -0.39 is 4.92 Å². The molecule has 21 heavy (non-hydrogen) atoms. The van der Waals surface area contributed by atoms with Crippen molar-refractivity contribution in [3.05, 3.63) is 38.3 Å². The number of nitrogens with zero attached hydrogens (tertiary/aromatic N) is 1. The van der Waals surface area contributed by atoms with Gasteiger partial charge in [0.05, 0.1) is 18.5 Å². The molecular weight excluding hydrogens is 358 g/mol. The van der Waals surface area contributed by atoms with Crippen LogP contribution in [0.3, 0.4) is 0 Å². The quantitative estimate of drug-likeness (QED) is 0.411. The fourth-order valence-corrected chi connectivity index (χ4v) is 4.16. The largest absolute Gasteiger partial charge is 0.469 e. The fourth-order valence-electron chi connectivity index (χ4n) is 2.07. The maximum Gasteiger partial charge on any atom is 0.306 e. The first kappa shape index (κ1) is 16.3. The monoisotopic (exact) mass is 373 g/mol. The van der Waals surface area contributed by atoms with Gasteiger partial charge in [0.15, 0.2) is 0 Å². The van der Waals surface area contributed by atoms with Crippen LogP contribution in [0.2, 0.25) is 0 Å². The Balaban J connectivity index is 1.86. The normalized spacial score (nSPS) is 15.5. The maximum atomic E-state index is 11.4. The molecule has 1 aliphatic rings. The van der Waals surface area contributed by atoms with E-state index in [9.17, 15) is 14.9 Å². The number of nitro benzene ring substituents is 1. The number of halogens is 1. The van der Waals surface area contributed by atoms with Gasteiger partial charge < -0.3 is 4.74 Å². The van der Waals surface area contributed by atoms with Crippen LogP contribution in [0.15, 0.2) is 22.7 Å². The molecule has 0 radical (unpaired) electrons. The molecule has 0 aromatic heterocycles. The summed E-state index contributed by atoms with van der Waals surface area (Å²) in [5, 5.41) is 10.7. The van der Waals surface area contributed by atoms with E-state index in [0.29, 0.717) is 6.42 Å². The summed E-state index contributed by atoms with van der Waals surface area (Å²) >= 11 is 5.12. The number of ether oxygens (including phenoxy) is 1. The summed E-state index contributed by atoms with van der Waals surface area (Å²) in [7, 11) is 1.42. The van der Waals surface area contributed by atoms with Gasteiger partial charge >= 0.3 is 5.97 Å². The first-order valence-corrected chi connectivity index (χ1v) is 8.48. The van der Waals surface area contributed by atoms with Gasteiger partial charge in [0.25, 0.3) is 5.69 Å². The summed E-state index contributed by atoms with van der Waals surface area (Å²) in [4.78, 5) is 21.6. The van der Waals surface area contributed by atoms with Crippen molar-refractivity contribution in [3.8, 4) is 0 Å². The molecule has 0 heterocycles. The summed E-state index contributed by atoms with van der Waals surface area (Å²) in [6, 6.07) is 4.81. The van der Waals surface area contributed by atoms with Crippen LogP contribution in [0.4, 0.5) is 5.69 Å². The molecule has 1 fully saturated rings. The molecule has 0 aliphatic heterocycles. The Morgan fingerprint density at radius 1 is 1.52 bits per heavy atom. The van der Waals surface area contributed by atoms with E-state index in [1.807, 2.05) is 0 Å². The van der Waals surface area contributed by atoms with E-state index in [1.165, 1.54) is 19.2 Å². The van der Waals surface area contributed by atoms with Crippen molar-refractivity contribution in [1.29, 1.82) is 0 Å². The van der Waals surface area contributed by atoms with Gasteiger partial charge in [-0.15, -0.1) is 0 Å². The van der Waals surface area contributed by atoms with Crippen LogP contribution in [-0.4, -0.2) is 23.8 Å². The van der Waals surface area contributed by atoms with Crippen molar-refractivity contribution in [2.45, 2.75) is 25.0 Å². The van der Waals surface area contributed by atoms with E-state index in [0.717, 1.165) is 34.4 Å². The Morgan fingerprint density at radius 2 is 2.24 bits per heavy atom. The fraction of sp³-hybridized carbons (Fsp3) is 0.500. The number of benzene rings is 1. The highest BCUT2D eigenvalue weighted by Gasteiger charge is 2.44. The zero-order chi connectivity index (χ0) is 15.5. The summed E-state index contributed by atoms with van der Waals surface area (Å²) < 4.78 is 5.48. The molecule has 0 saturated heterocycles. The number of carbonyl (C=O) groups is 1. The third-order valence-corrected chi connectivity index (χ3v) is 5.69. The third-order valence-electron chi connectivity index (χ3n) is 3.62. The van der Waals surface area contributed by atoms with E-state index in [-0.39, 0.29) is 17.1 Å². The van der Waals surface area contributed by atoms with Crippen molar-refractivity contribution in [2.24, 2.45) is 5.41 Å². The standard InChI is InChI=1S/C14H16BrNO4S/c1-20-13(17)7-14(4-5-14)9-21-8-10-2-3-11(16(18)19)6-12(10)15/h2-3,6H,4-5,7-9H2,1H3. The van der Waals surface area contributed by atoms with Gasteiger partial charge in [0, 0.05) is 22.4 Å². The average Bonchev–Trinajstić information content (AvgIpc) is 3.20. The summed E-state index contributed by atoms with van der Waals surface area (Å²) in [6.45, 7) is 0. The van der Waals surface area contributed by atoms with E-state index in [4.69, 9.17) is 4.74 Å². The predicted molar refractivity (Wildman–Crippen MR) is 85.3 cm³/mol. The summed E-state index contributed by atoms with van der Waals surface area (Å²) in [6.07, 6.45) is 2.62. The summed E-state index contributed by atoms with van der Waals surface area (Å²) in [5.74, 6) is 1.53. The van der Waals surface area contributed by atoms with E-state index in [1.54, 1.807) is 17.8 Å². The molecule has 1 aromatic carbocycles. The Hall–Kier alpha value is -1.08. The average molecular weight is 374 g/mol. The summed E-state index contributed by atoms with van der Waals surface area (Å²) in [5.41, 5.74) is 1.21. The number of non-ortho nitro benzene ring substituents is 1. The minimum absolute atomic E-state index is 0.0833. The van der Waals surface area contributed by atoms with Crippen LogP contribution >= 0.6 is 27.7 Å². The molecule has 7 heteroatoms. The van der Waals surface area contributed by atoms with Crippen LogP contribution < -0.4 is 0 Å². The second kappa shape index (κ2) is 6.79. The van der Waals surface area contributed by atoms with Crippen LogP contribution in [-0.2, 0) is 15.3 Å². The highest BCUT2D eigenvalue weighted by atomic mass is 79.9. The van der Waals surface area contributed by atoms with Crippen molar-refractivity contribution in [1.82, 2.24) is 0 Å². The number of esters is 1. The van der Waals surface area contributed by atoms with Crippen LogP contribution in [0.1, 0.15) is 24.8 Å². The number of thioether (sulfide) groups is 1. The Bertz CT molecular complexity index is 560. The number of hydrogen-bond donors (Lipinski definition) is 0. The van der Waals surface area contributed by atoms with Gasteiger partial charge in [-0.25, -0.2) is 0 Å². The number of rotatable bonds is 7. The Kier molecular flexibility index (Phi) is 5.27. The predicted octanol–water partition coefficient (Wildman–Crippen LogP) is 3.93. The van der Waals surface area contributed by atoms with Gasteiger partial charge in [0.2, 0.25) is 0 Å². The minimum atomic E-state index is -0.406. The van der Waals surface area contributed by atoms with E-state index in [2.05, 4.69) is 15.9 Å². The number of nitro groups is 1. The van der Waals surface area contributed by atoms with Gasteiger partial charge in [-0.1, -0.05) is 22.0 Å². The number of hydrogen-bond acceptors (Lipinski definition) is 5. The molecular formula is C14H16BrNO4S. The highest BCUT2D eigenvalue weighted by Crippen LogP contribution is 2.51. The van der Waals surface area contributed by atoms with E-state index >= 15 is 0 Å². The number of carbonyl (C=O) groups excluding carboxylic acids is 1. The lowest BCUT2D eigenvalue weighted by Gasteiger charge is -2.13. The lowest BCUT2D eigenvalue weighted by Crippen LogP contribution is -2.13. The molecule has 1 aliphatic carbocycles. The molecule has 0 atom stereocenters. The Labute approximate surface area is 135 Å². The second-order valence-electron chi connectivity index (χ2n) is 5.28. The molecule has 5 nitrogen and oxygen atoms in total. The van der Waals surface area contributed by atoms with Gasteiger partial charge in [-0.2, -0.15) is 11.8 Å². The van der Waals surface area contributed by atoms with Crippen LogP contribution in [0, 0.1) is 15.5 Å². The molecule has 1 saturated carbocycles. The Morgan fingerprint density at radius 3 is 2.76 bits per heavy atom. The van der Waals surface area contributed by atoms with Gasteiger partial charge in [-0.05, 0) is 29.6 Å². The maximum absolute atomic E-state index is 11.4. The molecule has 2 rings (SSSR count). The third kappa shape index (κ3) is 4.44. The molecule has 0 unspecified atom stereocenters. The first-order chi connectivity index (χ1) is 9.96. The van der Waals surface area contributed by atoms with Crippen LogP contribution in [0.25, 0.3) is 0 Å². The molecule has 0 spiro atoms. The zero-order valence-corrected chi connectivity index (χ0v) is 14.0. The van der Waals surface area contributed by atoms with Gasteiger partial charge in [-0.3, -0.25) is 14.9 Å². The second-order valence-corrected chi connectivity index (χ2v) is 7.12. The molecule has 0 N–H and O–H groups in total. The smallest absolute Gasteiger partial charge is 0.306 e. The molecule has 114 valence electrons. The number of methoxy groups -OCH3 is 1. The lowest BCUT2D eigenvalue weighted by molar-refractivity contribution is -0.384. The molecule has 0 bridgehead atoms. The SMILES string of the molecule is COC(=O)CC1(CSCc2ccc([N+](=O)[O-])cc2Br)CC1. The van der Waals surface area contributed by atoms with Crippen molar-refractivity contribution in [3.63, 3.8) is 0 Å². The van der Waals surface area contributed by atoms with Crippen molar-refractivity contribution < 1.29 is 14.5 Å².